The Morgan fingerprint density at radius 1 is 1.50 bits per heavy atom. The first-order chi connectivity index (χ1) is 5.68. The van der Waals surface area contributed by atoms with Gasteiger partial charge in [-0.3, -0.25) is 0 Å². The highest BCUT2D eigenvalue weighted by atomic mass is 35.5. The Hall–Kier alpha value is 0.280. The molecule has 1 N–H and O–H groups in total. The second-order valence-corrected chi connectivity index (χ2v) is 3.73. The number of alkyl halides is 1. The van der Waals surface area contributed by atoms with Gasteiger partial charge in [0, 0.05) is 23.5 Å². The highest BCUT2D eigenvalue weighted by Gasteiger charge is 2.18. The fourth-order valence-corrected chi connectivity index (χ4v) is 1.45. The van der Waals surface area contributed by atoms with E-state index in [0.29, 0.717) is 5.88 Å². The summed E-state index contributed by atoms with van der Waals surface area (Å²) in [7, 11) is 0. The second-order valence-electron chi connectivity index (χ2n) is 3.10. The van der Waals surface area contributed by atoms with E-state index in [1.54, 1.807) is 0 Å². The van der Waals surface area contributed by atoms with Crippen molar-refractivity contribution in [3.8, 4) is 0 Å². The van der Waals surface area contributed by atoms with E-state index < -0.39 is 0 Å². The smallest absolute Gasteiger partial charge is 0.0240 e. The van der Waals surface area contributed by atoms with Crippen LogP contribution in [0.2, 0.25) is 0 Å². The molecule has 1 atom stereocenters. The molecular formula is C9H17Cl2N. The molecule has 0 aliphatic rings. The van der Waals surface area contributed by atoms with Gasteiger partial charge in [-0.25, -0.2) is 0 Å². The maximum absolute atomic E-state index is 5.69. The molecule has 12 heavy (non-hydrogen) atoms. The van der Waals surface area contributed by atoms with Crippen LogP contribution in [0.4, 0.5) is 0 Å². The zero-order valence-corrected chi connectivity index (χ0v) is 9.25. The van der Waals surface area contributed by atoms with Gasteiger partial charge in [-0.2, -0.15) is 0 Å². The van der Waals surface area contributed by atoms with Crippen molar-refractivity contribution in [2.75, 3.05) is 12.4 Å². The molecule has 0 aliphatic heterocycles. The van der Waals surface area contributed by atoms with E-state index in [4.69, 9.17) is 23.2 Å². The molecule has 0 bridgehead atoms. The number of halogens is 2. The minimum Gasteiger partial charge on any atom is -0.308 e. The Labute approximate surface area is 85.1 Å². The van der Waals surface area contributed by atoms with E-state index in [1.807, 2.05) is 6.08 Å². The fourth-order valence-electron chi connectivity index (χ4n) is 0.949. The third-order valence-corrected chi connectivity index (χ3v) is 2.53. The summed E-state index contributed by atoms with van der Waals surface area (Å²) in [6.07, 6.45) is 3.96. The van der Waals surface area contributed by atoms with Crippen molar-refractivity contribution < 1.29 is 0 Å². The summed E-state index contributed by atoms with van der Waals surface area (Å²) < 4.78 is 0. The first-order valence-corrected chi connectivity index (χ1v) is 5.22. The average Bonchev–Trinajstić information content (AvgIpc) is 2.06. The molecule has 72 valence electrons. The lowest BCUT2D eigenvalue weighted by Gasteiger charge is -2.28. The normalized spacial score (nSPS) is 16.7. The molecule has 0 amide bonds. The minimum atomic E-state index is 0.151. The Morgan fingerprint density at radius 2 is 2.17 bits per heavy atom. The lowest BCUT2D eigenvalue weighted by molar-refractivity contribution is 0.348. The van der Waals surface area contributed by atoms with Crippen LogP contribution in [0, 0.1) is 0 Å². The van der Waals surface area contributed by atoms with E-state index in [0.717, 1.165) is 19.4 Å². The summed E-state index contributed by atoms with van der Waals surface area (Å²) in [6, 6.07) is 0. The summed E-state index contributed by atoms with van der Waals surface area (Å²) in [5.41, 5.74) is 1.68. The molecule has 0 heterocycles. The van der Waals surface area contributed by atoms with Gasteiger partial charge in [0.1, 0.15) is 0 Å². The summed E-state index contributed by atoms with van der Waals surface area (Å²) in [6.45, 7) is 5.14. The standard InChI is InChI=1S/C9H17Cl2N/c1-3-9(2,5-7-11)12-8-4-6-10/h4,6,12H,3,5,7-8H2,1-2H3/b6-4+. The summed E-state index contributed by atoms with van der Waals surface area (Å²) in [5, 5.41) is 3.39. The van der Waals surface area contributed by atoms with Crippen molar-refractivity contribution in [3.05, 3.63) is 11.6 Å². The number of hydrogen-bond acceptors (Lipinski definition) is 1. The zero-order valence-electron chi connectivity index (χ0n) is 7.74. The lowest BCUT2D eigenvalue weighted by atomic mass is 9.95. The molecule has 0 aliphatic carbocycles. The van der Waals surface area contributed by atoms with Gasteiger partial charge in [0.2, 0.25) is 0 Å². The van der Waals surface area contributed by atoms with Crippen LogP contribution in [0.5, 0.6) is 0 Å². The van der Waals surface area contributed by atoms with Gasteiger partial charge in [0.15, 0.2) is 0 Å². The minimum absolute atomic E-state index is 0.151. The number of rotatable bonds is 6. The Kier molecular flexibility index (Phi) is 6.92. The van der Waals surface area contributed by atoms with Crippen molar-refractivity contribution in [3.63, 3.8) is 0 Å². The molecule has 0 aromatic heterocycles. The number of hydrogen-bond donors (Lipinski definition) is 1. The van der Waals surface area contributed by atoms with E-state index >= 15 is 0 Å². The molecular weight excluding hydrogens is 193 g/mol. The van der Waals surface area contributed by atoms with Gasteiger partial charge in [-0.05, 0) is 19.8 Å². The average molecular weight is 210 g/mol. The van der Waals surface area contributed by atoms with Crippen molar-refractivity contribution >= 4 is 23.2 Å². The van der Waals surface area contributed by atoms with Gasteiger partial charge in [0.05, 0.1) is 0 Å². The summed E-state index contributed by atoms with van der Waals surface area (Å²) in [5.74, 6) is 0.696. The maximum Gasteiger partial charge on any atom is 0.0240 e. The number of nitrogens with one attached hydrogen (secondary N) is 1. The van der Waals surface area contributed by atoms with Crippen LogP contribution in [-0.2, 0) is 0 Å². The molecule has 0 radical (unpaired) electrons. The first-order valence-electron chi connectivity index (χ1n) is 4.24. The molecule has 0 saturated carbocycles. The van der Waals surface area contributed by atoms with E-state index in [1.165, 1.54) is 5.54 Å². The summed E-state index contributed by atoms with van der Waals surface area (Å²) >= 11 is 11.1. The van der Waals surface area contributed by atoms with Gasteiger partial charge in [-0.15, -0.1) is 11.6 Å². The topological polar surface area (TPSA) is 12.0 Å². The highest BCUT2D eigenvalue weighted by Crippen LogP contribution is 2.14. The van der Waals surface area contributed by atoms with Crippen LogP contribution in [0.3, 0.4) is 0 Å². The van der Waals surface area contributed by atoms with Crippen molar-refractivity contribution in [2.24, 2.45) is 0 Å². The van der Waals surface area contributed by atoms with Crippen molar-refractivity contribution in [1.82, 2.24) is 5.32 Å². The van der Waals surface area contributed by atoms with Crippen molar-refractivity contribution in [1.29, 1.82) is 0 Å². The zero-order chi connectivity index (χ0) is 9.45. The van der Waals surface area contributed by atoms with Crippen LogP contribution in [0.25, 0.3) is 0 Å². The Bertz CT molecular complexity index is 136. The molecule has 3 heteroatoms. The van der Waals surface area contributed by atoms with Crippen LogP contribution < -0.4 is 5.32 Å². The van der Waals surface area contributed by atoms with E-state index in [9.17, 15) is 0 Å². The Balaban J connectivity index is 3.78. The second kappa shape index (κ2) is 6.76. The predicted molar refractivity (Wildman–Crippen MR) is 57.0 cm³/mol. The van der Waals surface area contributed by atoms with Crippen molar-refractivity contribution in [2.45, 2.75) is 32.2 Å². The SMILES string of the molecule is CCC(C)(CCCl)NC/C=C/Cl. The van der Waals surface area contributed by atoms with Gasteiger partial charge >= 0.3 is 0 Å². The lowest BCUT2D eigenvalue weighted by Crippen LogP contribution is -2.42. The van der Waals surface area contributed by atoms with Gasteiger partial charge in [-0.1, -0.05) is 24.6 Å². The third kappa shape index (κ3) is 5.02. The molecule has 1 nitrogen and oxygen atoms in total. The highest BCUT2D eigenvalue weighted by molar-refractivity contribution is 6.25. The quantitative estimate of drug-likeness (QED) is 0.664. The fraction of sp³-hybridized carbons (Fsp3) is 0.778. The predicted octanol–water partition coefficient (Wildman–Crippen LogP) is 3.13. The molecule has 0 saturated heterocycles. The first kappa shape index (κ1) is 12.3. The molecule has 0 fully saturated rings. The largest absolute Gasteiger partial charge is 0.308 e. The van der Waals surface area contributed by atoms with Crippen LogP contribution in [0.1, 0.15) is 26.7 Å². The van der Waals surface area contributed by atoms with E-state index in [2.05, 4.69) is 19.2 Å². The van der Waals surface area contributed by atoms with Gasteiger partial charge < -0.3 is 5.32 Å². The molecule has 0 rings (SSSR count). The molecule has 0 aromatic carbocycles. The third-order valence-electron chi connectivity index (χ3n) is 2.16. The van der Waals surface area contributed by atoms with E-state index in [-0.39, 0.29) is 5.54 Å². The van der Waals surface area contributed by atoms with Crippen LogP contribution >= 0.6 is 23.2 Å². The molecule has 1 unspecified atom stereocenters. The van der Waals surface area contributed by atoms with Gasteiger partial charge in [0.25, 0.3) is 0 Å². The maximum atomic E-state index is 5.69. The molecule has 0 spiro atoms. The monoisotopic (exact) mass is 209 g/mol. The van der Waals surface area contributed by atoms with Crippen LogP contribution in [0.15, 0.2) is 11.6 Å². The van der Waals surface area contributed by atoms with Crippen LogP contribution in [-0.4, -0.2) is 18.0 Å². The summed E-state index contributed by atoms with van der Waals surface area (Å²) in [4.78, 5) is 0. The molecule has 0 aromatic rings. The Morgan fingerprint density at radius 3 is 2.58 bits per heavy atom.